The van der Waals surface area contributed by atoms with E-state index in [1.807, 2.05) is 84.9 Å². The summed E-state index contributed by atoms with van der Waals surface area (Å²) in [6.07, 6.45) is 0.377. The summed E-state index contributed by atoms with van der Waals surface area (Å²) in [4.78, 5) is 29.3. The molecular formula is C35H36N2O4. The zero-order chi connectivity index (χ0) is 28.6. The van der Waals surface area contributed by atoms with Crippen molar-refractivity contribution in [2.24, 2.45) is 0 Å². The Bertz CT molecular complexity index is 1440. The molecule has 0 aromatic heterocycles. The van der Waals surface area contributed by atoms with Gasteiger partial charge in [-0.05, 0) is 46.7 Å². The van der Waals surface area contributed by atoms with E-state index in [4.69, 9.17) is 9.47 Å². The van der Waals surface area contributed by atoms with E-state index in [9.17, 15) is 9.59 Å². The fraction of sp³-hybridized carbons (Fsp3) is 0.257. The van der Waals surface area contributed by atoms with Gasteiger partial charge in [0.2, 0.25) is 5.91 Å². The topological polar surface area (TPSA) is 67.9 Å². The Kier molecular flexibility index (Phi) is 9.12. The second-order valence-electron chi connectivity index (χ2n) is 10.7. The number of anilines is 1. The summed E-state index contributed by atoms with van der Waals surface area (Å²) in [7, 11) is 0. The van der Waals surface area contributed by atoms with E-state index < -0.39 is 18.1 Å². The van der Waals surface area contributed by atoms with Crippen molar-refractivity contribution in [3.63, 3.8) is 0 Å². The van der Waals surface area contributed by atoms with Crippen LogP contribution in [-0.2, 0) is 33.9 Å². The minimum atomic E-state index is -0.754. The third-order valence-corrected chi connectivity index (χ3v) is 7.31. The van der Waals surface area contributed by atoms with Gasteiger partial charge >= 0.3 is 5.97 Å². The van der Waals surface area contributed by atoms with E-state index in [1.54, 1.807) is 4.90 Å². The first-order chi connectivity index (χ1) is 20.0. The van der Waals surface area contributed by atoms with Crippen molar-refractivity contribution in [1.82, 2.24) is 5.32 Å². The van der Waals surface area contributed by atoms with Crippen LogP contribution in [0.25, 0.3) is 0 Å². The van der Waals surface area contributed by atoms with Crippen molar-refractivity contribution in [2.75, 3.05) is 11.5 Å². The minimum absolute atomic E-state index is 0.0931. The number of carbonyl (C=O) groups excluding carboxylic acids is 2. The van der Waals surface area contributed by atoms with E-state index in [-0.39, 0.29) is 19.1 Å². The molecule has 0 radical (unpaired) electrons. The van der Waals surface area contributed by atoms with Gasteiger partial charge in [-0.2, -0.15) is 0 Å². The standard InChI is InChI=1S/C35H36N2O4/c1-25(2)29-19-17-27(18-20-29)22-37-32-15-9-10-16-33(32)40-24-31(34(37)38)36-30(21-26-11-5-3-6-12-26)35(39)41-23-28-13-7-4-8-14-28/h3-20,25,30-31,36H,21-24H2,1-2H3/t30-,31?/m0/s1. The Labute approximate surface area is 241 Å². The summed E-state index contributed by atoms with van der Waals surface area (Å²) >= 11 is 0. The van der Waals surface area contributed by atoms with Gasteiger partial charge in [-0.25, -0.2) is 0 Å². The molecule has 0 aliphatic carbocycles. The number of benzene rings is 4. The Balaban J connectivity index is 1.38. The van der Waals surface area contributed by atoms with Crippen LogP contribution in [0.2, 0.25) is 0 Å². The van der Waals surface area contributed by atoms with Gasteiger partial charge in [0.1, 0.15) is 31.0 Å². The molecule has 0 bridgehead atoms. The highest BCUT2D eigenvalue weighted by molar-refractivity contribution is 5.99. The lowest BCUT2D eigenvalue weighted by atomic mass is 10.0. The van der Waals surface area contributed by atoms with Crippen LogP contribution in [-0.4, -0.2) is 30.6 Å². The number of amides is 1. The zero-order valence-electron chi connectivity index (χ0n) is 23.5. The smallest absolute Gasteiger partial charge is 0.323 e. The molecule has 6 nitrogen and oxygen atoms in total. The Morgan fingerprint density at radius 3 is 2.17 bits per heavy atom. The number of esters is 1. The van der Waals surface area contributed by atoms with Crippen molar-refractivity contribution >= 4 is 17.6 Å². The van der Waals surface area contributed by atoms with Gasteiger partial charge in [0, 0.05) is 0 Å². The molecule has 41 heavy (non-hydrogen) atoms. The number of nitrogens with zero attached hydrogens (tertiary/aromatic N) is 1. The Morgan fingerprint density at radius 2 is 1.49 bits per heavy atom. The molecule has 5 rings (SSSR count). The molecule has 0 saturated carbocycles. The monoisotopic (exact) mass is 548 g/mol. The number of hydrogen-bond acceptors (Lipinski definition) is 5. The molecule has 210 valence electrons. The molecule has 2 atom stereocenters. The molecule has 1 aliphatic rings. The van der Waals surface area contributed by atoms with Crippen molar-refractivity contribution < 1.29 is 19.1 Å². The third-order valence-electron chi connectivity index (χ3n) is 7.31. The molecule has 4 aromatic rings. The summed E-state index contributed by atoms with van der Waals surface area (Å²) < 4.78 is 11.9. The first-order valence-electron chi connectivity index (χ1n) is 14.1. The van der Waals surface area contributed by atoms with Gasteiger partial charge in [-0.1, -0.05) is 111 Å². The molecule has 6 heteroatoms. The number of fused-ring (bicyclic) bond motifs is 1. The van der Waals surface area contributed by atoms with Gasteiger partial charge in [0.05, 0.1) is 12.2 Å². The Morgan fingerprint density at radius 1 is 0.854 bits per heavy atom. The van der Waals surface area contributed by atoms with E-state index in [2.05, 4.69) is 43.4 Å². The highest BCUT2D eigenvalue weighted by Crippen LogP contribution is 2.32. The third kappa shape index (κ3) is 7.21. The predicted octanol–water partition coefficient (Wildman–Crippen LogP) is 6.05. The molecule has 1 unspecified atom stereocenters. The van der Waals surface area contributed by atoms with Crippen molar-refractivity contribution in [2.45, 2.75) is 51.4 Å². The number of ether oxygens (including phenoxy) is 2. The quantitative estimate of drug-likeness (QED) is 0.245. The molecule has 0 fully saturated rings. The summed E-state index contributed by atoms with van der Waals surface area (Å²) in [5, 5.41) is 3.31. The molecule has 1 amide bonds. The van der Waals surface area contributed by atoms with Crippen LogP contribution in [0.4, 0.5) is 5.69 Å². The number of rotatable bonds is 10. The van der Waals surface area contributed by atoms with Crippen LogP contribution in [0.3, 0.4) is 0 Å². The van der Waals surface area contributed by atoms with Gasteiger partial charge in [-0.15, -0.1) is 0 Å². The maximum absolute atomic E-state index is 14.1. The number of carbonyl (C=O) groups is 2. The van der Waals surface area contributed by atoms with Crippen LogP contribution < -0.4 is 15.0 Å². The molecule has 0 spiro atoms. The van der Waals surface area contributed by atoms with Gasteiger partial charge in [0.15, 0.2) is 0 Å². The van der Waals surface area contributed by atoms with Crippen LogP contribution in [0.15, 0.2) is 109 Å². The van der Waals surface area contributed by atoms with Crippen LogP contribution >= 0.6 is 0 Å². The summed E-state index contributed by atoms with van der Waals surface area (Å²) in [6, 6.07) is 33.7. The highest BCUT2D eigenvalue weighted by Gasteiger charge is 2.35. The van der Waals surface area contributed by atoms with Crippen molar-refractivity contribution in [1.29, 1.82) is 0 Å². The molecular weight excluding hydrogens is 512 g/mol. The zero-order valence-corrected chi connectivity index (χ0v) is 23.5. The SMILES string of the molecule is CC(C)c1ccc(CN2C(=O)C(N[C@@H](Cc3ccccc3)C(=O)OCc3ccccc3)COc3ccccc32)cc1. The average Bonchev–Trinajstić information content (AvgIpc) is 3.13. The van der Waals surface area contributed by atoms with Crippen molar-refractivity contribution in [3.8, 4) is 5.75 Å². The second kappa shape index (κ2) is 13.3. The maximum Gasteiger partial charge on any atom is 0.323 e. The molecule has 1 N–H and O–H groups in total. The fourth-order valence-electron chi connectivity index (χ4n) is 4.96. The van der Waals surface area contributed by atoms with Crippen molar-refractivity contribution in [3.05, 3.63) is 131 Å². The van der Waals surface area contributed by atoms with E-state index >= 15 is 0 Å². The Hall–Kier alpha value is -4.42. The maximum atomic E-state index is 14.1. The minimum Gasteiger partial charge on any atom is -0.489 e. The van der Waals surface area contributed by atoms with Gasteiger partial charge in [0.25, 0.3) is 0 Å². The fourth-order valence-corrected chi connectivity index (χ4v) is 4.96. The molecule has 0 saturated heterocycles. The highest BCUT2D eigenvalue weighted by atomic mass is 16.5. The van der Waals surface area contributed by atoms with Crippen LogP contribution in [0.1, 0.15) is 42.0 Å². The lowest BCUT2D eigenvalue weighted by Crippen LogP contribution is -2.54. The number of nitrogens with one attached hydrogen (secondary N) is 1. The largest absolute Gasteiger partial charge is 0.489 e. The average molecular weight is 549 g/mol. The predicted molar refractivity (Wildman–Crippen MR) is 161 cm³/mol. The van der Waals surface area contributed by atoms with Crippen LogP contribution in [0.5, 0.6) is 5.75 Å². The normalized spacial score (nSPS) is 15.5. The summed E-state index contributed by atoms with van der Waals surface area (Å²) in [5.74, 6) is 0.491. The molecule has 1 aliphatic heterocycles. The molecule has 1 heterocycles. The summed E-state index contributed by atoms with van der Waals surface area (Å²) in [5.41, 5.74) is 4.84. The lowest BCUT2D eigenvalue weighted by molar-refractivity contribution is -0.148. The van der Waals surface area contributed by atoms with E-state index in [1.165, 1.54) is 5.56 Å². The second-order valence-corrected chi connectivity index (χ2v) is 10.7. The van der Waals surface area contributed by atoms with Gasteiger partial charge < -0.3 is 14.4 Å². The molecule has 4 aromatic carbocycles. The summed E-state index contributed by atoms with van der Waals surface area (Å²) in [6.45, 7) is 4.96. The first kappa shape index (κ1) is 28.1. The first-order valence-corrected chi connectivity index (χ1v) is 14.1. The number of hydrogen-bond donors (Lipinski definition) is 1. The van der Waals surface area contributed by atoms with Gasteiger partial charge in [-0.3, -0.25) is 14.9 Å². The number of para-hydroxylation sites is 2. The van der Waals surface area contributed by atoms with Crippen LogP contribution in [0, 0.1) is 0 Å². The lowest BCUT2D eigenvalue weighted by Gasteiger charge is -2.27. The van der Waals surface area contributed by atoms with E-state index in [0.717, 1.165) is 16.7 Å². The van der Waals surface area contributed by atoms with E-state index in [0.29, 0.717) is 30.3 Å².